The molecule has 3 heterocycles. The smallest absolute Gasteiger partial charge is 0.280 e. The maximum absolute atomic E-state index is 12.6. The fraction of sp³-hybridized carbons (Fsp3) is 0.357. The second-order valence-electron chi connectivity index (χ2n) is 5.21. The predicted octanol–water partition coefficient (Wildman–Crippen LogP) is 0.845. The molecule has 1 aliphatic heterocycles. The van der Waals surface area contributed by atoms with Crippen molar-refractivity contribution >= 4 is 11.6 Å². The van der Waals surface area contributed by atoms with Crippen molar-refractivity contribution in [1.82, 2.24) is 19.7 Å². The zero-order chi connectivity index (χ0) is 14.3. The summed E-state index contributed by atoms with van der Waals surface area (Å²) in [5.41, 5.74) is 9.77. The Labute approximate surface area is 117 Å². The molecule has 0 aromatic carbocycles. The first-order valence-corrected chi connectivity index (χ1v) is 6.57. The van der Waals surface area contributed by atoms with Crippen LogP contribution in [0.1, 0.15) is 27.2 Å². The van der Waals surface area contributed by atoms with Crippen LogP contribution in [0, 0.1) is 6.92 Å². The van der Waals surface area contributed by atoms with E-state index >= 15 is 0 Å². The highest BCUT2D eigenvalue weighted by molar-refractivity contribution is 5.97. The Hall–Kier alpha value is -2.21. The minimum absolute atomic E-state index is 0.159. The molecule has 0 spiro atoms. The number of anilines is 1. The first kappa shape index (κ1) is 12.8. The molecule has 6 nitrogen and oxygen atoms in total. The van der Waals surface area contributed by atoms with Crippen LogP contribution < -0.4 is 5.73 Å². The maximum atomic E-state index is 12.6. The fourth-order valence-electron chi connectivity index (χ4n) is 2.56. The van der Waals surface area contributed by atoms with Crippen LogP contribution in [0.15, 0.2) is 18.6 Å². The minimum Gasteiger partial charge on any atom is -0.396 e. The summed E-state index contributed by atoms with van der Waals surface area (Å²) >= 11 is 0. The normalized spacial score (nSPS) is 15.1. The molecule has 104 valence electrons. The molecule has 0 aliphatic carbocycles. The van der Waals surface area contributed by atoms with Crippen LogP contribution in [0.5, 0.6) is 0 Å². The Morgan fingerprint density at radius 3 is 2.85 bits per heavy atom. The number of rotatable bonds is 1. The Balaban J connectivity index is 2.05. The summed E-state index contributed by atoms with van der Waals surface area (Å²) in [7, 11) is 2.07. The van der Waals surface area contributed by atoms with E-state index in [0.29, 0.717) is 16.9 Å². The zero-order valence-corrected chi connectivity index (χ0v) is 11.6. The van der Waals surface area contributed by atoms with Crippen molar-refractivity contribution in [3.05, 3.63) is 41.0 Å². The lowest BCUT2D eigenvalue weighted by Gasteiger charge is -2.25. The van der Waals surface area contributed by atoms with Crippen LogP contribution in [0.25, 0.3) is 0 Å². The topological polar surface area (TPSA) is 77.0 Å². The molecule has 3 rings (SSSR count). The number of hydrogen-bond acceptors (Lipinski definition) is 5. The predicted molar refractivity (Wildman–Crippen MR) is 75.4 cm³/mol. The third-order valence-corrected chi connectivity index (χ3v) is 3.80. The van der Waals surface area contributed by atoms with Crippen molar-refractivity contribution in [1.29, 1.82) is 0 Å². The fourth-order valence-corrected chi connectivity index (χ4v) is 2.56. The van der Waals surface area contributed by atoms with E-state index in [4.69, 9.17) is 5.73 Å². The van der Waals surface area contributed by atoms with E-state index in [1.807, 2.05) is 6.20 Å². The Kier molecular flexibility index (Phi) is 3.02. The number of carbonyl (C=O) groups is 1. The van der Waals surface area contributed by atoms with Gasteiger partial charge in [0.2, 0.25) is 0 Å². The molecule has 0 amide bonds. The first-order chi connectivity index (χ1) is 9.58. The molecule has 2 aromatic heterocycles. The average molecular weight is 271 g/mol. The summed E-state index contributed by atoms with van der Waals surface area (Å²) in [5.74, 6) is -0.159. The quantitative estimate of drug-likeness (QED) is 0.832. The number of hydrogen-bond donors (Lipinski definition) is 1. The number of aromatic nitrogens is 3. The van der Waals surface area contributed by atoms with Gasteiger partial charge in [-0.15, -0.1) is 0 Å². The second kappa shape index (κ2) is 4.72. The van der Waals surface area contributed by atoms with Crippen molar-refractivity contribution in [3.63, 3.8) is 0 Å². The maximum Gasteiger partial charge on any atom is 0.280 e. The molecule has 0 atom stereocenters. The molecule has 0 radical (unpaired) electrons. The third-order valence-electron chi connectivity index (χ3n) is 3.80. The van der Waals surface area contributed by atoms with E-state index in [1.165, 1.54) is 10.9 Å². The summed E-state index contributed by atoms with van der Waals surface area (Å²) in [6.45, 7) is 3.55. The van der Waals surface area contributed by atoms with Crippen LogP contribution in [0.4, 0.5) is 5.69 Å². The molecular formula is C14H17N5O. The molecule has 20 heavy (non-hydrogen) atoms. The molecule has 2 aromatic rings. The minimum atomic E-state index is -0.159. The van der Waals surface area contributed by atoms with E-state index in [1.54, 1.807) is 13.1 Å². The van der Waals surface area contributed by atoms with Crippen LogP contribution in [-0.2, 0) is 13.0 Å². The van der Waals surface area contributed by atoms with E-state index < -0.39 is 0 Å². The molecule has 6 heteroatoms. The number of likely N-dealkylation sites (N-methyl/N-ethyl adjacent to an activating group) is 1. The van der Waals surface area contributed by atoms with Gasteiger partial charge in [0.15, 0.2) is 0 Å². The van der Waals surface area contributed by atoms with Gasteiger partial charge in [0.1, 0.15) is 0 Å². The van der Waals surface area contributed by atoms with Crippen LogP contribution in [-0.4, -0.2) is 39.2 Å². The number of nitrogen functional groups attached to an aromatic ring is 1. The van der Waals surface area contributed by atoms with Gasteiger partial charge >= 0.3 is 0 Å². The van der Waals surface area contributed by atoms with Crippen molar-refractivity contribution in [3.8, 4) is 0 Å². The Bertz CT molecular complexity index is 676. The van der Waals surface area contributed by atoms with Crippen LogP contribution in [0.3, 0.4) is 0 Å². The number of nitrogens with zero attached hydrogens (tertiary/aromatic N) is 4. The number of carbonyl (C=O) groups excluding carboxylic acids is 1. The van der Waals surface area contributed by atoms with Gasteiger partial charge in [-0.1, -0.05) is 0 Å². The van der Waals surface area contributed by atoms with Gasteiger partial charge in [-0.25, -0.2) is 0 Å². The number of fused-ring (bicyclic) bond motifs is 1. The lowest BCUT2D eigenvalue weighted by molar-refractivity contribution is 0.0940. The zero-order valence-electron chi connectivity index (χ0n) is 11.6. The summed E-state index contributed by atoms with van der Waals surface area (Å²) in [4.78, 5) is 19.0. The Morgan fingerprint density at radius 1 is 1.35 bits per heavy atom. The SMILES string of the molecule is Cc1c(N)cnn1C(=O)c1cncc2c1CCN(C)C2. The van der Waals surface area contributed by atoms with Crippen molar-refractivity contribution in [2.24, 2.45) is 0 Å². The standard InChI is InChI=1S/C14H17N5O/c1-9-13(15)7-17-19(9)14(20)12-6-16-5-10-8-18(2)4-3-11(10)12/h5-7H,3-4,8,15H2,1-2H3. The van der Waals surface area contributed by atoms with Crippen molar-refractivity contribution < 1.29 is 4.79 Å². The van der Waals surface area contributed by atoms with Crippen molar-refractivity contribution in [2.75, 3.05) is 19.3 Å². The van der Waals surface area contributed by atoms with Gasteiger partial charge < -0.3 is 10.6 Å². The highest BCUT2D eigenvalue weighted by Crippen LogP contribution is 2.22. The van der Waals surface area contributed by atoms with Gasteiger partial charge in [-0.3, -0.25) is 9.78 Å². The highest BCUT2D eigenvalue weighted by atomic mass is 16.2. The largest absolute Gasteiger partial charge is 0.396 e. The van der Waals surface area contributed by atoms with Gasteiger partial charge in [0, 0.05) is 25.5 Å². The lowest BCUT2D eigenvalue weighted by Crippen LogP contribution is -2.29. The average Bonchev–Trinajstić information content (AvgIpc) is 2.77. The monoisotopic (exact) mass is 271 g/mol. The lowest BCUT2D eigenvalue weighted by atomic mass is 9.97. The van der Waals surface area contributed by atoms with Gasteiger partial charge in [0.25, 0.3) is 5.91 Å². The molecular weight excluding hydrogens is 254 g/mol. The summed E-state index contributed by atoms with van der Waals surface area (Å²) in [5, 5.41) is 4.06. The van der Waals surface area contributed by atoms with E-state index in [-0.39, 0.29) is 5.91 Å². The molecule has 0 saturated carbocycles. The molecule has 0 unspecified atom stereocenters. The first-order valence-electron chi connectivity index (χ1n) is 6.57. The highest BCUT2D eigenvalue weighted by Gasteiger charge is 2.22. The van der Waals surface area contributed by atoms with E-state index in [9.17, 15) is 4.79 Å². The summed E-state index contributed by atoms with van der Waals surface area (Å²) in [6, 6.07) is 0. The second-order valence-corrected chi connectivity index (χ2v) is 5.21. The van der Waals surface area contributed by atoms with Crippen molar-refractivity contribution in [2.45, 2.75) is 19.9 Å². The van der Waals surface area contributed by atoms with Gasteiger partial charge in [0.05, 0.1) is 23.1 Å². The molecule has 0 bridgehead atoms. The Morgan fingerprint density at radius 2 is 2.15 bits per heavy atom. The van der Waals surface area contributed by atoms with Crippen LogP contribution >= 0.6 is 0 Å². The number of nitrogens with two attached hydrogens (primary N) is 1. The van der Waals surface area contributed by atoms with E-state index in [0.717, 1.165) is 30.6 Å². The number of pyridine rings is 1. The van der Waals surface area contributed by atoms with Crippen LogP contribution in [0.2, 0.25) is 0 Å². The van der Waals surface area contributed by atoms with Gasteiger partial charge in [-0.2, -0.15) is 9.78 Å². The molecule has 0 saturated heterocycles. The molecule has 1 aliphatic rings. The summed E-state index contributed by atoms with van der Waals surface area (Å²) < 4.78 is 1.35. The summed E-state index contributed by atoms with van der Waals surface area (Å²) in [6.07, 6.45) is 5.82. The molecule has 2 N–H and O–H groups in total. The third kappa shape index (κ3) is 1.98. The van der Waals surface area contributed by atoms with E-state index in [2.05, 4.69) is 22.0 Å². The molecule has 0 fully saturated rings. The van der Waals surface area contributed by atoms with Gasteiger partial charge in [-0.05, 0) is 31.5 Å².